The lowest BCUT2D eigenvalue weighted by Gasteiger charge is -2.40. The summed E-state index contributed by atoms with van der Waals surface area (Å²) in [7, 11) is 0. The Morgan fingerprint density at radius 3 is 2.88 bits per heavy atom. The first-order valence-electron chi connectivity index (χ1n) is 6.83. The van der Waals surface area contributed by atoms with Crippen molar-refractivity contribution in [1.29, 1.82) is 0 Å². The molecule has 1 aliphatic carbocycles. The number of benzene rings is 1. The van der Waals surface area contributed by atoms with Crippen molar-refractivity contribution in [3.05, 3.63) is 29.3 Å². The van der Waals surface area contributed by atoms with Crippen molar-refractivity contribution >= 4 is 5.69 Å². The van der Waals surface area contributed by atoms with Crippen LogP contribution in [0.1, 0.15) is 30.4 Å². The van der Waals surface area contributed by atoms with Gasteiger partial charge in [0.2, 0.25) is 0 Å². The van der Waals surface area contributed by atoms with Gasteiger partial charge in [-0.2, -0.15) is 0 Å². The minimum absolute atomic E-state index is 0.727. The van der Waals surface area contributed by atoms with E-state index in [1.165, 1.54) is 36.1 Å². The summed E-state index contributed by atoms with van der Waals surface area (Å²) in [6.45, 7) is 6.69. The predicted molar refractivity (Wildman–Crippen MR) is 72.7 cm³/mol. The second-order valence-corrected chi connectivity index (χ2v) is 5.52. The lowest BCUT2D eigenvalue weighted by molar-refractivity contribution is 0.404. The maximum Gasteiger partial charge on any atom is 0.0443 e. The molecule has 0 unspecified atom stereocenters. The Hall–Kier alpha value is -1.02. The van der Waals surface area contributed by atoms with Gasteiger partial charge in [0.1, 0.15) is 0 Å². The first-order valence-corrected chi connectivity index (χ1v) is 6.83. The van der Waals surface area contributed by atoms with Gasteiger partial charge in [-0.15, -0.1) is 0 Å². The van der Waals surface area contributed by atoms with Gasteiger partial charge in [-0.05, 0) is 56.4 Å². The molecule has 0 bridgehead atoms. The van der Waals surface area contributed by atoms with Crippen LogP contribution in [0, 0.1) is 13.8 Å². The number of hydrogen-bond donors (Lipinski definition) is 1. The van der Waals surface area contributed by atoms with E-state index in [1.54, 1.807) is 0 Å². The Morgan fingerprint density at radius 2 is 2.06 bits per heavy atom. The molecule has 1 saturated carbocycles. The SMILES string of the molecule is Cc1ccc(N2CCN[C@H]3CCC[C@H]32)cc1C. The number of hydrogen-bond acceptors (Lipinski definition) is 2. The average molecular weight is 230 g/mol. The van der Waals surface area contributed by atoms with Crippen LogP contribution < -0.4 is 10.2 Å². The highest BCUT2D eigenvalue weighted by Crippen LogP contribution is 2.31. The van der Waals surface area contributed by atoms with Gasteiger partial charge in [0, 0.05) is 30.9 Å². The molecule has 92 valence electrons. The summed E-state index contributed by atoms with van der Waals surface area (Å²) in [5.74, 6) is 0. The third-order valence-electron chi connectivity index (χ3n) is 4.46. The first-order chi connectivity index (χ1) is 8.25. The van der Waals surface area contributed by atoms with E-state index in [-0.39, 0.29) is 0 Å². The van der Waals surface area contributed by atoms with E-state index in [0.717, 1.165) is 25.2 Å². The van der Waals surface area contributed by atoms with Crippen LogP contribution in [-0.4, -0.2) is 25.2 Å². The first kappa shape index (κ1) is 11.1. The third-order valence-corrected chi connectivity index (χ3v) is 4.46. The van der Waals surface area contributed by atoms with Gasteiger partial charge < -0.3 is 10.2 Å². The molecule has 0 amide bonds. The molecular formula is C15H22N2. The van der Waals surface area contributed by atoms with Crippen LogP contribution in [0.3, 0.4) is 0 Å². The normalized spacial score (nSPS) is 28.2. The standard InChI is InChI=1S/C15H22N2/c1-11-6-7-13(10-12(11)2)17-9-8-16-14-4-3-5-15(14)17/h6-7,10,14-16H,3-5,8-9H2,1-2H3/t14-,15+/m0/s1. The largest absolute Gasteiger partial charge is 0.366 e. The minimum atomic E-state index is 0.727. The van der Waals surface area contributed by atoms with Gasteiger partial charge in [-0.1, -0.05) is 6.07 Å². The van der Waals surface area contributed by atoms with Crippen LogP contribution >= 0.6 is 0 Å². The third kappa shape index (κ3) is 1.95. The molecule has 1 saturated heterocycles. The highest BCUT2D eigenvalue weighted by atomic mass is 15.2. The average Bonchev–Trinajstić information content (AvgIpc) is 2.80. The van der Waals surface area contributed by atoms with Crippen LogP contribution in [0.4, 0.5) is 5.69 Å². The van der Waals surface area contributed by atoms with Gasteiger partial charge in [0.05, 0.1) is 0 Å². The number of aryl methyl sites for hydroxylation is 2. The van der Waals surface area contributed by atoms with Crippen LogP contribution in [-0.2, 0) is 0 Å². The van der Waals surface area contributed by atoms with Gasteiger partial charge >= 0.3 is 0 Å². The Morgan fingerprint density at radius 1 is 1.18 bits per heavy atom. The maximum atomic E-state index is 3.67. The van der Waals surface area contributed by atoms with E-state index in [0.29, 0.717) is 0 Å². The molecule has 2 heteroatoms. The Kier molecular flexibility index (Phi) is 2.83. The molecule has 1 heterocycles. The minimum Gasteiger partial charge on any atom is -0.366 e. The molecular weight excluding hydrogens is 208 g/mol. The summed E-state index contributed by atoms with van der Waals surface area (Å²) in [5, 5.41) is 3.67. The topological polar surface area (TPSA) is 15.3 Å². The van der Waals surface area contributed by atoms with Crippen molar-refractivity contribution in [3.8, 4) is 0 Å². The lowest BCUT2D eigenvalue weighted by atomic mass is 10.0. The molecule has 17 heavy (non-hydrogen) atoms. The highest BCUT2D eigenvalue weighted by molar-refractivity contribution is 5.52. The zero-order valence-corrected chi connectivity index (χ0v) is 10.9. The maximum absolute atomic E-state index is 3.67. The van der Waals surface area contributed by atoms with Crippen LogP contribution in [0.15, 0.2) is 18.2 Å². The summed E-state index contributed by atoms with van der Waals surface area (Å²) in [4.78, 5) is 2.63. The predicted octanol–water partition coefficient (Wildman–Crippen LogP) is 2.63. The van der Waals surface area contributed by atoms with Crippen molar-refractivity contribution < 1.29 is 0 Å². The van der Waals surface area contributed by atoms with E-state index in [1.807, 2.05) is 0 Å². The van der Waals surface area contributed by atoms with Crippen molar-refractivity contribution in [1.82, 2.24) is 5.32 Å². The highest BCUT2D eigenvalue weighted by Gasteiger charge is 2.34. The summed E-state index contributed by atoms with van der Waals surface area (Å²) < 4.78 is 0. The molecule has 1 aromatic rings. The monoisotopic (exact) mass is 230 g/mol. The van der Waals surface area contributed by atoms with Crippen molar-refractivity contribution in [3.63, 3.8) is 0 Å². The summed E-state index contributed by atoms with van der Waals surface area (Å²) in [6.07, 6.45) is 4.08. The van der Waals surface area contributed by atoms with Gasteiger partial charge in [-0.25, -0.2) is 0 Å². The fraction of sp³-hybridized carbons (Fsp3) is 0.600. The van der Waals surface area contributed by atoms with Crippen LogP contribution in [0.25, 0.3) is 0 Å². The molecule has 0 radical (unpaired) electrons. The Bertz CT molecular complexity index is 413. The Balaban J connectivity index is 1.89. The molecule has 2 nitrogen and oxygen atoms in total. The van der Waals surface area contributed by atoms with Crippen LogP contribution in [0.5, 0.6) is 0 Å². The van der Waals surface area contributed by atoms with E-state index >= 15 is 0 Å². The molecule has 2 atom stereocenters. The summed E-state index contributed by atoms with van der Waals surface area (Å²) in [5.41, 5.74) is 4.23. The lowest BCUT2D eigenvalue weighted by Crippen LogP contribution is -2.55. The van der Waals surface area contributed by atoms with Crippen molar-refractivity contribution in [2.24, 2.45) is 0 Å². The quantitative estimate of drug-likeness (QED) is 0.798. The van der Waals surface area contributed by atoms with E-state index in [4.69, 9.17) is 0 Å². The molecule has 0 aromatic heterocycles. The van der Waals surface area contributed by atoms with Gasteiger partial charge in [-0.3, -0.25) is 0 Å². The summed E-state index contributed by atoms with van der Waals surface area (Å²) in [6, 6.07) is 8.37. The van der Waals surface area contributed by atoms with Crippen molar-refractivity contribution in [2.45, 2.75) is 45.2 Å². The second-order valence-electron chi connectivity index (χ2n) is 5.52. The Labute approximate surface area is 104 Å². The van der Waals surface area contributed by atoms with Gasteiger partial charge in [0.25, 0.3) is 0 Å². The van der Waals surface area contributed by atoms with Crippen LogP contribution in [0.2, 0.25) is 0 Å². The summed E-state index contributed by atoms with van der Waals surface area (Å²) >= 11 is 0. The number of piperazine rings is 1. The number of nitrogens with one attached hydrogen (secondary N) is 1. The zero-order valence-electron chi connectivity index (χ0n) is 10.9. The molecule has 3 rings (SSSR count). The fourth-order valence-corrected chi connectivity index (χ4v) is 3.31. The molecule has 0 spiro atoms. The molecule has 2 fully saturated rings. The number of fused-ring (bicyclic) bond motifs is 1. The fourth-order valence-electron chi connectivity index (χ4n) is 3.31. The zero-order chi connectivity index (χ0) is 11.8. The second kappa shape index (κ2) is 4.34. The molecule has 1 aliphatic heterocycles. The molecule has 1 aromatic carbocycles. The van der Waals surface area contributed by atoms with E-state index in [9.17, 15) is 0 Å². The van der Waals surface area contributed by atoms with E-state index < -0.39 is 0 Å². The smallest absolute Gasteiger partial charge is 0.0443 e. The number of anilines is 1. The number of rotatable bonds is 1. The van der Waals surface area contributed by atoms with Crippen molar-refractivity contribution in [2.75, 3.05) is 18.0 Å². The molecule has 2 aliphatic rings. The number of nitrogens with zero attached hydrogens (tertiary/aromatic N) is 1. The van der Waals surface area contributed by atoms with Gasteiger partial charge in [0.15, 0.2) is 0 Å². The van der Waals surface area contributed by atoms with E-state index in [2.05, 4.69) is 42.3 Å². The molecule has 1 N–H and O–H groups in total.